The summed E-state index contributed by atoms with van der Waals surface area (Å²) in [5.41, 5.74) is -2.74. The van der Waals surface area contributed by atoms with Crippen molar-refractivity contribution in [3.8, 4) is 11.6 Å². The molecular formula is C27H26F6N8O3. The van der Waals surface area contributed by atoms with Gasteiger partial charge in [-0.3, -0.25) is 14.8 Å². The smallest absolute Gasteiger partial charge is 0.417 e. The molecule has 4 rings (SSSR count). The number of aromatic nitrogens is 7. The number of pyridine rings is 3. The van der Waals surface area contributed by atoms with Crippen LogP contribution in [0.4, 0.5) is 26.3 Å². The molecule has 0 spiro atoms. The molecule has 44 heavy (non-hydrogen) atoms. The van der Waals surface area contributed by atoms with Crippen LogP contribution in [0, 0.1) is 0 Å². The highest BCUT2D eigenvalue weighted by Crippen LogP contribution is 2.31. The van der Waals surface area contributed by atoms with E-state index in [4.69, 9.17) is 9.47 Å². The van der Waals surface area contributed by atoms with E-state index in [-0.39, 0.29) is 19.0 Å². The van der Waals surface area contributed by atoms with E-state index >= 15 is 0 Å². The number of amides is 1. The van der Waals surface area contributed by atoms with Crippen molar-refractivity contribution in [3.63, 3.8) is 0 Å². The Morgan fingerprint density at radius 1 is 0.955 bits per heavy atom. The van der Waals surface area contributed by atoms with Gasteiger partial charge in [-0.25, -0.2) is 4.98 Å². The summed E-state index contributed by atoms with van der Waals surface area (Å²) < 4.78 is 90.6. The summed E-state index contributed by atoms with van der Waals surface area (Å²) in [5, 5.41) is 13.6. The van der Waals surface area contributed by atoms with Crippen LogP contribution < -0.4 is 14.8 Å². The summed E-state index contributed by atoms with van der Waals surface area (Å²) in [6, 6.07) is 6.43. The van der Waals surface area contributed by atoms with Crippen LogP contribution in [0.1, 0.15) is 49.2 Å². The van der Waals surface area contributed by atoms with Crippen molar-refractivity contribution >= 4 is 5.91 Å². The predicted octanol–water partition coefficient (Wildman–Crippen LogP) is 4.62. The lowest BCUT2D eigenvalue weighted by Crippen LogP contribution is -2.51. The maximum atomic E-state index is 13.3. The molecule has 0 aliphatic heterocycles. The zero-order valence-electron chi connectivity index (χ0n) is 23.5. The fourth-order valence-corrected chi connectivity index (χ4v) is 3.97. The van der Waals surface area contributed by atoms with Gasteiger partial charge in [-0.05, 0) is 61.9 Å². The molecule has 17 heteroatoms. The third kappa shape index (κ3) is 8.38. The van der Waals surface area contributed by atoms with Gasteiger partial charge in [-0.1, -0.05) is 0 Å². The zero-order valence-corrected chi connectivity index (χ0v) is 23.5. The molecule has 0 aliphatic rings. The molecule has 0 fully saturated rings. The molecule has 0 aliphatic carbocycles. The summed E-state index contributed by atoms with van der Waals surface area (Å²) in [6.45, 7) is 4.46. The van der Waals surface area contributed by atoms with Crippen molar-refractivity contribution in [3.05, 3.63) is 83.8 Å². The van der Waals surface area contributed by atoms with Gasteiger partial charge in [0.25, 0.3) is 5.91 Å². The molecule has 2 unspecified atom stereocenters. The number of alkyl halides is 6. The summed E-state index contributed by atoms with van der Waals surface area (Å²) in [7, 11) is 0. The first-order valence-corrected chi connectivity index (χ1v) is 13.0. The van der Waals surface area contributed by atoms with E-state index in [1.807, 2.05) is 0 Å². The third-order valence-corrected chi connectivity index (χ3v) is 6.40. The number of nitrogens with zero attached hydrogens (tertiary/aromatic N) is 7. The highest BCUT2D eigenvalue weighted by Gasteiger charge is 2.35. The number of hydrogen-bond donors (Lipinski definition) is 1. The fraction of sp³-hybridized carbons (Fsp3) is 0.370. The summed E-state index contributed by atoms with van der Waals surface area (Å²) >= 11 is 0. The second-order valence-electron chi connectivity index (χ2n) is 10.1. The van der Waals surface area contributed by atoms with Crippen molar-refractivity contribution < 1.29 is 40.6 Å². The van der Waals surface area contributed by atoms with E-state index in [1.165, 1.54) is 37.1 Å². The quantitative estimate of drug-likeness (QED) is 0.238. The van der Waals surface area contributed by atoms with E-state index in [9.17, 15) is 31.1 Å². The number of tetrazole rings is 1. The number of halogens is 6. The first-order valence-electron chi connectivity index (χ1n) is 13.0. The topological polar surface area (TPSA) is 130 Å². The van der Waals surface area contributed by atoms with Gasteiger partial charge in [0, 0.05) is 54.1 Å². The molecule has 0 saturated heterocycles. The monoisotopic (exact) mass is 624 g/mol. The first kappa shape index (κ1) is 32.1. The Morgan fingerprint density at radius 3 is 2.20 bits per heavy atom. The van der Waals surface area contributed by atoms with Gasteiger partial charge in [0.2, 0.25) is 5.88 Å². The average Bonchev–Trinajstić information content (AvgIpc) is 3.48. The molecule has 0 bridgehead atoms. The van der Waals surface area contributed by atoms with Crippen LogP contribution in [0.2, 0.25) is 0 Å². The Kier molecular flexibility index (Phi) is 9.34. The number of rotatable bonds is 11. The van der Waals surface area contributed by atoms with Crippen LogP contribution in [-0.4, -0.2) is 52.7 Å². The van der Waals surface area contributed by atoms with E-state index in [1.54, 1.807) is 19.1 Å². The van der Waals surface area contributed by atoms with Gasteiger partial charge in [-0.15, -0.1) is 5.10 Å². The fourth-order valence-electron chi connectivity index (χ4n) is 3.97. The van der Waals surface area contributed by atoms with Crippen molar-refractivity contribution in [1.29, 1.82) is 0 Å². The Labute approximate surface area is 246 Å². The predicted molar refractivity (Wildman–Crippen MR) is 140 cm³/mol. The minimum Gasteiger partial charge on any atom is -0.471 e. The average molecular weight is 625 g/mol. The SMILES string of the molecule is CC(NC(=O)C(C)(C)Oc1ccc(C(F)(F)F)cn1)C(Cc1ccc(C(F)(F)F)cn1)c1cc(OCn2cnnn2)ccn1. The molecular weight excluding hydrogens is 598 g/mol. The number of carbonyl (C=O) groups is 1. The highest BCUT2D eigenvalue weighted by molar-refractivity contribution is 5.85. The normalized spacial score (nSPS) is 13.7. The molecule has 1 N–H and O–H groups in total. The molecule has 0 radical (unpaired) electrons. The van der Waals surface area contributed by atoms with Gasteiger partial charge < -0.3 is 14.8 Å². The minimum atomic E-state index is -4.59. The maximum Gasteiger partial charge on any atom is 0.417 e. The molecule has 4 aromatic heterocycles. The zero-order chi connectivity index (χ0) is 32.1. The second-order valence-corrected chi connectivity index (χ2v) is 10.1. The van der Waals surface area contributed by atoms with Crippen LogP contribution in [0.5, 0.6) is 11.6 Å². The lowest BCUT2D eigenvalue weighted by Gasteiger charge is -2.30. The first-order chi connectivity index (χ1) is 20.6. The minimum absolute atomic E-state index is 0.0165. The maximum absolute atomic E-state index is 13.3. The van der Waals surface area contributed by atoms with Gasteiger partial charge in [0.1, 0.15) is 12.1 Å². The summed E-state index contributed by atoms with van der Waals surface area (Å²) in [4.78, 5) is 25.3. The largest absolute Gasteiger partial charge is 0.471 e. The third-order valence-electron chi connectivity index (χ3n) is 6.40. The molecule has 0 saturated carbocycles. The van der Waals surface area contributed by atoms with Crippen molar-refractivity contribution in [1.82, 2.24) is 40.5 Å². The van der Waals surface area contributed by atoms with Crippen molar-refractivity contribution in [2.45, 2.75) is 63.8 Å². The highest BCUT2D eigenvalue weighted by atomic mass is 19.4. The number of nitrogens with one attached hydrogen (secondary N) is 1. The van der Waals surface area contributed by atoms with Crippen molar-refractivity contribution in [2.75, 3.05) is 0 Å². The Bertz CT molecular complexity index is 1530. The molecule has 1 amide bonds. The summed E-state index contributed by atoms with van der Waals surface area (Å²) in [6.07, 6.45) is -4.94. The molecule has 11 nitrogen and oxygen atoms in total. The second kappa shape index (κ2) is 12.8. The van der Waals surface area contributed by atoms with E-state index in [2.05, 4.69) is 35.8 Å². The number of ether oxygens (including phenoxy) is 2. The van der Waals surface area contributed by atoms with Gasteiger partial charge in [0.15, 0.2) is 12.3 Å². The number of carbonyl (C=O) groups excluding carboxylic acids is 1. The van der Waals surface area contributed by atoms with Crippen LogP contribution in [0.25, 0.3) is 0 Å². The van der Waals surface area contributed by atoms with Gasteiger partial charge >= 0.3 is 12.4 Å². The molecule has 4 aromatic rings. The van der Waals surface area contributed by atoms with Crippen LogP contribution in [0.15, 0.2) is 61.3 Å². The Balaban J connectivity index is 1.54. The van der Waals surface area contributed by atoms with Crippen molar-refractivity contribution in [2.24, 2.45) is 0 Å². The summed E-state index contributed by atoms with van der Waals surface area (Å²) in [5.74, 6) is -1.08. The van der Waals surface area contributed by atoms with E-state index in [0.717, 1.165) is 24.4 Å². The molecule has 2 atom stereocenters. The lowest BCUT2D eigenvalue weighted by molar-refractivity contribution is -0.138. The van der Waals surface area contributed by atoms with Gasteiger partial charge in [0.05, 0.1) is 11.1 Å². The van der Waals surface area contributed by atoms with E-state index < -0.39 is 46.9 Å². The van der Waals surface area contributed by atoms with Gasteiger partial charge in [-0.2, -0.15) is 31.0 Å². The van der Waals surface area contributed by atoms with Crippen LogP contribution >= 0.6 is 0 Å². The van der Waals surface area contributed by atoms with Crippen LogP contribution in [0.3, 0.4) is 0 Å². The van der Waals surface area contributed by atoms with E-state index in [0.29, 0.717) is 23.3 Å². The number of hydrogen-bond acceptors (Lipinski definition) is 9. The Hall–Kier alpha value is -4.83. The lowest BCUT2D eigenvalue weighted by atomic mass is 9.90. The Morgan fingerprint density at radius 2 is 1.64 bits per heavy atom. The van der Waals surface area contributed by atoms with Crippen LogP contribution in [-0.2, 0) is 30.3 Å². The molecule has 234 valence electrons. The molecule has 4 heterocycles. The molecule has 0 aromatic carbocycles. The standard InChI is InChI=1S/C27H26F6N8O3/c1-16(38-24(42)25(2,3)44-23-7-5-18(13-36-23)27(31,32)33)21(10-19-6-4-17(12-35-19)26(28,29)30)22-11-20(8-9-34-22)43-15-41-14-37-39-40-41/h4-9,11-14,16,21H,10,15H2,1-3H3,(H,38,42).